The fraction of sp³-hybridized carbons (Fsp3) is 0.286. The zero-order valence-electron chi connectivity index (χ0n) is 19.3. The van der Waals surface area contributed by atoms with E-state index in [-0.39, 0.29) is 11.9 Å². The molecule has 3 aromatic rings. The van der Waals surface area contributed by atoms with Crippen molar-refractivity contribution in [2.24, 2.45) is 0 Å². The van der Waals surface area contributed by atoms with Crippen LogP contribution in [0.15, 0.2) is 72.8 Å². The second-order valence-electron chi connectivity index (χ2n) is 8.73. The molecule has 1 unspecified atom stereocenters. The maximum absolute atomic E-state index is 12.7. The Labute approximate surface area is 202 Å². The number of likely N-dealkylation sites (tertiary alicyclic amines) is 1. The monoisotopic (exact) mass is 457 g/mol. The highest BCUT2D eigenvalue weighted by Gasteiger charge is 2.19. The van der Waals surface area contributed by atoms with Gasteiger partial charge in [0.1, 0.15) is 0 Å². The van der Waals surface area contributed by atoms with Crippen LogP contribution < -0.4 is 10.6 Å². The smallest absolute Gasteiger partial charge is 0.253 e. The summed E-state index contributed by atoms with van der Waals surface area (Å²) in [7, 11) is 0. The fourth-order valence-electron chi connectivity index (χ4n) is 4.41. The number of rotatable bonds is 5. The molecule has 4 rings (SSSR count). The zero-order chi connectivity index (χ0) is 23.2. The van der Waals surface area contributed by atoms with Crippen LogP contribution in [0.3, 0.4) is 0 Å². The van der Waals surface area contributed by atoms with Gasteiger partial charge in [0.05, 0.1) is 6.04 Å². The van der Waals surface area contributed by atoms with Crippen molar-refractivity contribution in [1.82, 2.24) is 10.2 Å². The molecule has 4 nitrogen and oxygen atoms in total. The van der Waals surface area contributed by atoms with Gasteiger partial charge in [-0.1, -0.05) is 54.1 Å². The van der Waals surface area contributed by atoms with Crippen LogP contribution in [0.2, 0.25) is 0 Å². The van der Waals surface area contributed by atoms with Crippen LogP contribution in [0, 0.1) is 13.8 Å². The summed E-state index contributed by atoms with van der Waals surface area (Å²) in [5.41, 5.74) is 6.38. The van der Waals surface area contributed by atoms with E-state index in [0.29, 0.717) is 5.11 Å². The molecule has 0 aromatic heterocycles. The SMILES string of the molecule is Cc1ccc(C(NC(=S)Nc2ccc(C(=O)N3CCCCC3)cc2)c2ccccc2)c(C)c1. The molecule has 1 atom stereocenters. The Balaban J connectivity index is 1.47. The fourth-order valence-corrected chi connectivity index (χ4v) is 4.65. The molecule has 1 aliphatic heterocycles. The maximum atomic E-state index is 12.7. The van der Waals surface area contributed by atoms with E-state index in [1.807, 2.05) is 47.4 Å². The molecule has 0 saturated carbocycles. The molecule has 33 heavy (non-hydrogen) atoms. The standard InChI is InChI=1S/C28H31N3OS/c1-20-11-16-25(21(2)19-20)26(22-9-5-3-6-10-22)30-28(33)29-24-14-12-23(13-15-24)27(32)31-17-7-4-8-18-31/h3,5-6,9-16,19,26H,4,7-8,17-18H2,1-2H3,(H2,29,30,33). The topological polar surface area (TPSA) is 44.4 Å². The molecule has 5 heteroatoms. The second-order valence-corrected chi connectivity index (χ2v) is 9.14. The highest BCUT2D eigenvalue weighted by atomic mass is 32.1. The number of carbonyl (C=O) groups is 1. The third kappa shape index (κ3) is 5.79. The lowest BCUT2D eigenvalue weighted by atomic mass is 9.94. The number of thiocarbonyl (C=S) groups is 1. The summed E-state index contributed by atoms with van der Waals surface area (Å²) in [6, 6.07) is 24.3. The van der Waals surface area contributed by atoms with Crippen molar-refractivity contribution in [1.29, 1.82) is 0 Å². The van der Waals surface area contributed by atoms with E-state index >= 15 is 0 Å². The number of aryl methyl sites for hydroxylation is 2. The van der Waals surface area contributed by atoms with Crippen LogP contribution in [0.5, 0.6) is 0 Å². The Morgan fingerprint density at radius 2 is 1.61 bits per heavy atom. The lowest BCUT2D eigenvalue weighted by Gasteiger charge is -2.26. The summed E-state index contributed by atoms with van der Waals surface area (Å²) in [5, 5.41) is 7.32. The molecule has 1 aliphatic rings. The van der Waals surface area contributed by atoms with Crippen molar-refractivity contribution in [2.45, 2.75) is 39.2 Å². The van der Waals surface area contributed by atoms with Gasteiger partial charge < -0.3 is 15.5 Å². The van der Waals surface area contributed by atoms with E-state index in [1.165, 1.54) is 23.1 Å². The number of nitrogens with one attached hydrogen (secondary N) is 2. The van der Waals surface area contributed by atoms with Crippen molar-refractivity contribution >= 4 is 28.9 Å². The molecule has 1 saturated heterocycles. The Morgan fingerprint density at radius 1 is 0.909 bits per heavy atom. The van der Waals surface area contributed by atoms with Crippen molar-refractivity contribution in [3.05, 3.63) is 101 Å². The second kappa shape index (κ2) is 10.6. The first kappa shape index (κ1) is 23.0. The van der Waals surface area contributed by atoms with Gasteiger partial charge in [-0.2, -0.15) is 0 Å². The van der Waals surface area contributed by atoms with Gasteiger partial charge in [0.2, 0.25) is 0 Å². The third-order valence-electron chi connectivity index (χ3n) is 6.18. The number of benzene rings is 3. The molecule has 1 fully saturated rings. The molecule has 170 valence electrons. The zero-order valence-corrected chi connectivity index (χ0v) is 20.1. The average molecular weight is 458 g/mol. The molecule has 3 aromatic carbocycles. The van der Waals surface area contributed by atoms with Gasteiger partial charge in [-0.15, -0.1) is 0 Å². The van der Waals surface area contributed by atoms with Gasteiger partial charge in [-0.25, -0.2) is 0 Å². The number of amides is 1. The van der Waals surface area contributed by atoms with Gasteiger partial charge in [-0.3, -0.25) is 4.79 Å². The largest absolute Gasteiger partial charge is 0.352 e. The number of anilines is 1. The van der Waals surface area contributed by atoms with Crippen LogP contribution in [0.25, 0.3) is 0 Å². The van der Waals surface area contributed by atoms with Crippen molar-refractivity contribution in [3.8, 4) is 0 Å². The molecule has 2 N–H and O–H groups in total. The number of nitrogens with zero attached hydrogens (tertiary/aromatic N) is 1. The number of piperidine rings is 1. The van der Waals surface area contributed by atoms with Gasteiger partial charge in [0.15, 0.2) is 5.11 Å². The van der Waals surface area contributed by atoms with Crippen LogP contribution >= 0.6 is 12.2 Å². The summed E-state index contributed by atoms with van der Waals surface area (Å²) in [5.74, 6) is 0.112. The first-order valence-corrected chi connectivity index (χ1v) is 12.0. The lowest BCUT2D eigenvalue weighted by molar-refractivity contribution is 0.0724. The number of carbonyl (C=O) groups excluding carboxylic acids is 1. The summed E-state index contributed by atoms with van der Waals surface area (Å²) >= 11 is 5.67. The highest BCUT2D eigenvalue weighted by molar-refractivity contribution is 7.80. The molecule has 1 heterocycles. The minimum absolute atomic E-state index is 0.0632. The Morgan fingerprint density at radius 3 is 2.27 bits per heavy atom. The van der Waals surface area contributed by atoms with Crippen LogP contribution in [0.1, 0.15) is 57.9 Å². The quantitative estimate of drug-likeness (QED) is 0.461. The summed E-state index contributed by atoms with van der Waals surface area (Å²) in [6.07, 6.45) is 3.39. The van der Waals surface area contributed by atoms with Crippen LogP contribution in [-0.4, -0.2) is 29.0 Å². The molecule has 0 bridgehead atoms. The lowest BCUT2D eigenvalue weighted by Crippen LogP contribution is -2.35. The van der Waals surface area contributed by atoms with E-state index in [4.69, 9.17) is 12.2 Å². The first-order valence-electron chi connectivity index (χ1n) is 11.6. The maximum Gasteiger partial charge on any atom is 0.253 e. The van der Waals surface area contributed by atoms with Crippen LogP contribution in [0.4, 0.5) is 5.69 Å². The van der Waals surface area contributed by atoms with E-state index < -0.39 is 0 Å². The van der Waals surface area contributed by atoms with E-state index in [9.17, 15) is 4.79 Å². The Bertz CT molecular complexity index is 1110. The Kier molecular flexibility index (Phi) is 7.40. The van der Waals surface area contributed by atoms with Crippen molar-refractivity contribution in [2.75, 3.05) is 18.4 Å². The molecule has 0 radical (unpaired) electrons. The minimum Gasteiger partial charge on any atom is -0.352 e. The van der Waals surface area contributed by atoms with E-state index in [2.05, 4.69) is 54.8 Å². The summed E-state index contributed by atoms with van der Waals surface area (Å²) in [4.78, 5) is 14.7. The molecular weight excluding hydrogens is 426 g/mol. The third-order valence-corrected chi connectivity index (χ3v) is 6.40. The predicted octanol–water partition coefficient (Wildman–Crippen LogP) is 6.01. The highest BCUT2D eigenvalue weighted by Crippen LogP contribution is 2.26. The van der Waals surface area contributed by atoms with Crippen molar-refractivity contribution < 1.29 is 4.79 Å². The number of hydrogen-bond donors (Lipinski definition) is 2. The predicted molar refractivity (Wildman–Crippen MR) is 140 cm³/mol. The first-order chi connectivity index (χ1) is 16.0. The summed E-state index contributed by atoms with van der Waals surface area (Å²) < 4.78 is 0. The Hall–Kier alpha value is -3.18. The minimum atomic E-state index is -0.0632. The van der Waals surface area contributed by atoms with Gasteiger partial charge >= 0.3 is 0 Å². The van der Waals surface area contributed by atoms with Gasteiger partial charge in [0.25, 0.3) is 5.91 Å². The molecular formula is C28H31N3OS. The molecule has 0 aliphatic carbocycles. The normalized spacial score (nSPS) is 14.4. The van der Waals surface area contributed by atoms with Crippen LogP contribution in [-0.2, 0) is 0 Å². The molecule has 0 spiro atoms. The van der Waals surface area contributed by atoms with E-state index in [1.54, 1.807) is 0 Å². The van der Waals surface area contributed by atoms with Gasteiger partial charge in [-0.05, 0) is 86.3 Å². The van der Waals surface area contributed by atoms with Gasteiger partial charge in [0, 0.05) is 24.3 Å². The van der Waals surface area contributed by atoms with Crippen molar-refractivity contribution in [3.63, 3.8) is 0 Å². The number of hydrogen-bond acceptors (Lipinski definition) is 2. The molecule has 1 amide bonds. The summed E-state index contributed by atoms with van der Waals surface area (Å²) in [6.45, 7) is 5.94. The average Bonchev–Trinajstić information content (AvgIpc) is 2.84. The van der Waals surface area contributed by atoms with E-state index in [0.717, 1.165) is 42.7 Å².